The third-order valence-corrected chi connectivity index (χ3v) is 1.32. The quantitative estimate of drug-likeness (QED) is 0.420. The van der Waals surface area contributed by atoms with Crippen molar-refractivity contribution >= 4 is 11.9 Å². The van der Waals surface area contributed by atoms with Gasteiger partial charge in [-0.05, 0) is 6.92 Å². The zero-order valence-corrected chi connectivity index (χ0v) is 7.93. The normalized spacial score (nSPS) is 11.9. The maximum Gasteiger partial charge on any atom is 0.347 e. The van der Waals surface area contributed by atoms with Crippen LogP contribution in [0.5, 0.6) is 0 Å². The van der Waals surface area contributed by atoms with E-state index in [-0.39, 0.29) is 13.2 Å². The van der Waals surface area contributed by atoms with Crippen molar-refractivity contribution in [2.75, 3.05) is 19.8 Å². The van der Waals surface area contributed by atoms with E-state index in [4.69, 9.17) is 10.2 Å². The Morgan fingerprint density at radius 1 is 1.36 bits per heavy atom. The second kappa shape index (κ2) is 7.28. The molecular weight excluding hydrogens is 192 g/mol. The molecule has 0 radical (unpaired) electrons. The van der Waals surface area contributed by atoms with Crippen LogP contribution in [0.4, 0.5) is 0 Å². The average molecular weight is 206 g/mol. The summed E-state index contributed by atoms with van der Waals surface area (Å²) in [5.74, 6) is -1.57. The molecule has 0 fully saturated rings. The van der Waals surface area contributed by atoms with Crippen molar-refractivity contribution in [2.45, 2.75) is 19.4 Å². The van der Waals surface area contributed by atoms with Crippen LogP contribution in [-0.4, -0.2) is 48.1 Å². The molecule has 0 aromatic rings. The molecule has 0 spiro atoms. The molecule has 0 saturated heterocycles. The van der Waals surface area contributed by atoms with Crippen LogP contribution in [0, 0.1) is 0 Å². The summed E-state index contributed by atoms with van der Waals surface area (Å²) in [7, 11) is 0. The second-order valence-electron chi connectivity index (χ2n) is 2.53. The molecule has 0 aromatic heterocycles. The second-order valence-corrected chi connectivity index (χ2v) is 2.53. The van der Waals surface area contributed by atoms with Gasteiger partial charge in [-0.1, -0.05) is 0 Å². The lowest BCUT2D eigenvalue weighted by atomic mass is 10.4. The highest BCUT2D eigenvalue weighted by Crippen LogP contribution is 1.96. The molecule has 0 aromatic carbocycles. The Morgan fingerprint density at radius 2 is 2.00 bits per heavy atom. The first kappa shape index (κ1) is 12.9. The minimum absolute atomic E-state index is 0.0713. The average Bonchev–Trinajstić information content (AvgIpc) is 2.17. The maximum absolute atomic E-state index is 11.0. The van der Waals surface area contributed by atoms with Gasteiger partial charge in [0.25, 0.3) is 0 Å². The van der Waals surface area contributed by atoms with Crippen molar-refractivity contribution in [2.24, 2.45) is 0 Å². The Balaban J connectivity index is 3.70. The number of hydrogen-bond acceptors (Lipinski definition) is 6. The molecule has 0 aliphatic carbocycles. The molecule has 0 saturated carbocycles. The Bertz CT molecular complexity index is 190. The summed E-state index contributed by atoms with van der Waals surface area (Å²) < 4.78 is 9.10. The minimum atomic E-state index is -1.03. The third kappa shape index (κ3) is 5.50. The summed E-state index contributed by atoms with van der Waals surface area (Å²) in [6.07, 6.45) is -0.694. The highest BCUT2D eigenvalue weighted by molar-refractivity contribution is 5.79. The molecule has 2 N–H and O–H groups in total. The molecule has 0 amide bonds. The molecule has 1 unspecified atom stereocenters. The topological polar surface area (TPSA) is 93.1 Å². The lowest BCUT2D eigenvalue weighted by Gasteiger charge is -2.11. The zero-order chi connectivity index (χ0) is 11.0. The largest absolute Gasteiger partial charge is 0.463 e. The summed E-state index contributed by atoms with van der Waals surface area (Å²) in [4.78, 5) is 21.5. The zero-order valence-electron chi connectivity index (χ0n) is 7.93. The molecular formula is C8H14O6. The van der Waals surface area contributed by atoms with Gasteiger partial charge >= 0.3 is 11.9 Å². The van der Waals surface area contributed by atoms with E-state index in [9.17, 15) is 9.59 Å². The maximum atomic E-state index is 11.0. The summed E-state index contributed by atoms with van der Waals surface area (Å²) in [6, 6.07) is 0. The first-order valence-corrected chi connectivity index (χ1v) is 4.19. The van der Waals surface area contributed by atoms with E-state index in [2.05, 4.69) is 9.47 Å². The van der Waals surface area contributed by atoms with Crippen LogP contribution in [0.1, 0.15) is 13.3 Å². The third-order valence-electron chi connectivity index (χ3n) is 1.32. The SMILES string of the molecule is CC(OC(=O)CO)C(=O)OCCCO. The van der Waals surface area contributed by atoms with Crippen molar-refractivity contribution in [3.05, 3.63) is 0 Å². The summed E-state index contributed by atoms with van der Waals surface area (Å²) in [5.41, 5.74) is 0. The highest BCUT2D eigenvalue weighted by Gasteiger charge is 2.18. The number of carbonyl (C=O) groups excluding carboxylic acids is 2. The number of carbonyl (C=O) groups is 2. The van der Waals surface area contributed by atoms with E-state index in [0.29, 0.717) is 6.42 Å². The van der Waals surface area contributed by atoms with Gasteiger partial charge in [-0.25, -0.2) is 9.59 Å². The van der Waals surface area contributed by atoms with Crippen LogP contribution in [0.3, 0.4) is 0 Å². The van der Waals surface area contributed by atoms with Crippen molar-refractivity contribution in [3.63, 3.8) is 0 Å². The van der Waals surface area contributed by atoms with Crippen molar-refractivity contribution < 1.29 is 29.3 Å². The van der Waals surface area contributed by atoms with Gasteiger partial charge in [0.15, 0.2) is 6.10 Å². The summed E-state index contributed by atoms with van der Waals surface area (Å²) in [6.45, 7) is 0.581. The molecule has 0 heterocycles. The summed E-state index contributed by atoms with van der Waals surface area (Å²) in [5, 5.41) is 16.7. The van der Waals surface area contributed by atoms with Crippen LogP contribution in [0.2, 0.25) is 0 Å². The van der Waals surface area contributed by atoms with Gasteiger partial charge in [0.1, 0.15) is 6.61 Å². The van der Waals surface area contributed by atoms with Gasteiger partial charge in [0.2, 0.25) is 0 Å². The number of hydrogen-bond donors (Lipinski definition) is 2. The number of aliphatic hydroxyl groups excluding tert-OH is 2. The monoisotopic (exact) mass is 206 g/mol. The summed E-state index contributed by atoms with van der Waals surface area (Å²) >= 11 is 0. The molecule has 0 aliphatic heterocycles. The Morgan fingerprint density at radius 3 is 2.50 bits per heavy atom. The van der Waals surface area contributed by atoms with Crippen molar-refractivity contribution in [1.82, 2.24) is 0 Å². The molecule has 6 heteroatoms. The van der Waals surface area contributed by atoms with Gasteiger partial charge in [0.05, 0.1) is 6.61 Å². The molecule has 0 bridgehead atoms. The van der Waals surface area contributed by atoms with E-state index < -0.39 is 24.6 Å². The predicted molar refractivity (Wildman–Crippen MR) is 45.3 cm³/mol. The van der Waals surface area contributed by atoms with E-state index in [1.54, 1.807) is 0 Å². The lowest BCUT2D eigenvalue weighted by Crippen LogP contribution is -2.27. The molecule has 0 aliphatic rings. The van der Waals surface area contributed by atoms with E-state index in [1.165, 1.54) is 6.92 Å². The Hall–Kier alpha value is -1.14. The van der Waals surface area contributed by atoms with E-state index >= 15 is 0 Å². The fourth-order valence-corrected chi connectivity index (χ4v) is 0.637. The minimum Gasteiger partial charge on any atom is -0.463 e. The predicted octanol–water partition coefficient (Wildman–Crippen LogP) is -1.16. The Labute approximate surface area is 81.4 Å². The van der Waals surface area contributed by atoms with E-state index in [1.807, 2.05) is 0 Å². The van der Waals surface area contributed by atoms with Crippen LogP contribution >= 0.6 is 0 Å². The van der Waals surface area contributed by atoms with Crippen molar-refractivity contribution in [1.29, 1.82) is 0 Å². The van der Waals surface area contributed by atoms with Crippen molar-refractivity contribution in [3.8, 4) is 0 Å². The standard InChI is InChI=1S/C8H14O6/c1-6(14-7(11)5-10)8(12)13-4-2-3-9/h6,9-10H,2-5H2,1H3. The van der Waals surface area contributed by atoms with Gasteiger partial charge in [0, 0.05) is 13.0 Å². The number of aliphatic hydroxyl groups is 2. The lowest BCUT2D eigenvalue weighted by molar-refractivity contribution is -0.168. The van der Waals surface area contributed by atoms with Crippen LogP contribution in [0.25, 0.3) is 0 Å². The fraction of sp³-hybridized carbons (Fsp3) is 0.750. The van der Waals surface area contributed by atoms with Crippen LogP contribution in [0.15, 0.2) is 0 Å². The number of esters is 2. The fourth-order valence-electron chi connectivity index (χ4n) is 0.637. The Kier molecular flexibility index (Phi) is 6.69. The van der Waals surface area contributed by atoms with E-state index in [0.717, 1.165) is 0 Å². The van der Waals surface area contributed by atoms with Gasteiger partial charge in [-0.15, -0.1) is 0 Å². The van der Waals surface area contributed by atoms with Gasteiger partial charge in [-0.2, -0.15) is 0 Å². The molecule has 6 nitrogen and oxygen atoms in total. The van der Waals surface area contributed by atoms with Crippen LogP contribution in [-0.2, 0) is 19.1 Å². The molecule has 1 atom stereocenters. The van der Waals surface area contributed by atoms with Gasteiger partial charge in [-0.3, -0.25) is 0 Å². The molecule has 14 heavy (non-hydrogen) atoms. The smallest absolute Gasteiger partial charge is 0.347 e. The van der Waals surface area contributed by atoms with Crippen LogP contribution < -0.4 is 0 Å². The molecule has 0 rings (SSSR count). The first-order valence-electron chi connectivity index (χ1n) is 4.19. The number of rotatable bonds is 6. The highest BCUT2D eigenvalue weighted by atomic mass is 16.6. The first-order chi connectivity index (χ1) is 6.61. The van der Waals surface area contributed by atoms with Gasteiger partial charge < -0.3 is 19.7 Å². The molecule has 82 valence electrons. The number of ether oxygens (including phenoxy) is 2.